The molecular weight excluding hydrogens is 388 g/mol. The minimum Gasteiger partial charge on any atom is -0.479 e. The molecule has 107 valence electrons. The van der Waals surface area contributed by atoms with E-state index in [1.807, 2.05) is 6.07 Å². The third-order valence-corrected chi connectivity index (χ3v) is 3.54. The molecule has 0 fully saturated rings. The van der Waals surface area contributed by atoms with Crippen LogP contribution in [0.25, 0.3) is 5.70 Å². The molecular formula is C14H11Cl2N2O2Y-. The van der Waals surface area contributed by atoms with Gasteiger partial charge >= 0.3 is 0 Å². The smallest absolute Gasteiger partial charge is 0.240 e. The first-order chi connectivity index (χ1) is 9.54. The van der Waals surface area contributed by atoms with Gasteiger partial charge in [-0.3, -0.25) is 4.79 Å². The molecule has 1 radical (unpaired) electrons. The van der Waals surface area contributed by atoms with Crippen molar-refractivity contribution in [1.29, 1.82) is 5.26 Å². The van der Waals surface area contributed by atoms with E-state index < -0.39 is 5.38 Å². The molecule has 1 aromatic carbocycles. The third kappa shape index (κ3) is 4.20. The predicted octanol–water partition coefficient (Wildman–Crippen LogP) is 2.85. The molecule has 21 heavy (non-hydrogen) atoms. The Morgan fingerprint density at radius 3 is 2.90 bits per heavy atom. The zero-order valence-corrected chi connectivity index (χ0v) is 15.6. The van der Waals surface area contributed by atoms with Crippen LogP contribution in [0.15, 0.2) is 18.2 Å². The molecule has 1 heterocycles. The Balaban J connectivity index is 0.00000220. The van der Waals surface area contributed by atoms with E-state index in [0.717, 1.165) is 0 Å². The van der Waals surface area contributed by atoms with Crippen LogP contribution in [0.4, 0.5) is 0 Å². The Morgan fingerprint density at radius 2 is 2.29 bits per heavy atom. The number of nitriles is 1. The van der Waals surface area contributed by atoms with E-state index >= 15 is 0 Å². The van der Waals surface area contributed by atoms with Gasteiger partial charge in [0.1, 0.15) is 17.2 Å². The normalized spacial score (nSPS) is 17.6. The van der Waals surface area contributed by atoms with Crippen LogP contribution in [-0.2, 0) is 37.5 Å². The SMILES string of the molecule is CN1C(=O)C(Cl)C[C-]=C1c1ccc(OCC#N)cc1Cl.[Y]. The first-order valence-corrected chi connectivity index (χ1v) is 6.68. The van der Waals surface area contributed by atoms with Crippen LogP contribution in [0.5, 0.6) is 5.75 Å². The van der Waals surface area contributed by atoms with Crippen molar-refractivity contribution >= 4 is 34.8 Å². The molecule has 2 rings (SSSR count). The van der Waals surface area contributed by atoms with Crippen LogP contribution in [0.3, 0.4) is 0 Å². The topological polar surface area (TPSA) is 53.3 Å². The van der Waals surface area contributed by atoms with Crippen molar-refractivity contribution in [1.82, 2.24) is 4.90 Å². The van der Waals surface area contributed by atoms with Gasteiger partial charge in [0, 0.05) is 39.8 Å². The average molecular weight is 399 g/mol. The molecule has 7 heteroatoms. The summed E-state index contributed by atoms with van der Waals surface area (Å²) in [6, 6.07) is 6.91. The standard InChI is InChI=1S/C14H11Cl2N2O2.Y/c1-18-13(5-4-11(15)14(18)19)10-3-2-9(8-12(10)16)20-7-6-17;/h2-3,8,11H,4,7H2,1H3;/q-1;. The van der Waals surface area contributed by atoms with E-state index in [-0.39, 0.29) is 45.2 Å². The molecule has 0 saturated heterocycles. The maximum Gasteiger partial charge on any atom is 0.240 e. The van der Waals surface area contributed by atoms with Gasteiger partial charge in [-0.1, -0.05) is 6.42 Å². The van der Waals surface area contributed by atoms with Gasteiger partial charge in [0.05, 0.1) is 0 Å². The van der Waals surface area contributed by atoms with E-state index in [1.165, 1.54) is 4.90 Å². The number of alkyl halides is 1. The number of rotatable bonds is 3. The maximum atomic E-state index is 11.9. The zero-order chi connectivity index (χ0) is 14.7. The minimum atomic E-state index is -0.583. The van der Waals surface area contributed by atoms with Crippen LogP contribution in [-0.4, -0.2) is 29.8 Å². The molecule has 0 spiro atoms. The third-order valence-electron chi connectivity index (χ3n) is 2.88. The number of halogens is 2. The molecule has 1 amide bonds. The fourth-order valence-corrected chi connectivity index (χ4v) is 2.37. The Hall–Kier alpha value is -0.596. The Kier molecular flexibility index (Phi) is 7.16. The summed E-state index contributed by atoms with van der Waals surface area (Å²) in [5, 5.41) is 8.31. The Bertz CT molecular complexity index is 613. The molecule has 1 aliphatic rings. The molecule has 4 nitrogen and oxygen atoms in total. The second-order valence-corrected chi connectivity index (χ2v) is 5.12. The molecule has 0 bridgehead atoms. The van der Waals surface area contributed by atoms with Crippen molar-refractivity contribution in [3.05, 3.63) is 34.9 Å². The Labute approximate surface area is 158 Å². The second-order valence-electron chi connectivity index (χ2n) is 4.18. The van der Waals surface area contributed by atoms with Gasteiger partial charge in [-0.05, 0) is 17.2 Å². The number of benzene rings is 1. The number of carbonyl (C=O) groups excluding carboxylic acids is 1. The van der Waals surface area contributed by atoms with Crippen LogP contribution >= 0.6 is 23.2 Å². The van der Waals surface area contributed by atoms with Crippen molar-refractivity contribution in [2.45, 2.75) is 11.8 Å². The van der Waals surface area contributed by atoms with Gasteiger partial charge in [0.15, 0.2) is 6.61 Å². The quantitative estimate of drug-likeness (QED) is 0.581. The zero-order valence-electron chi connectivity index (χ0n) is 11.3. The predicted molar refractivity (Wildman–Crippen MR) is 76.2 cm³/mol. The minimum absolute atomic E-state index is 0. The van der Waals surface area contributed by atoms with Crippen molar-refractivity contribution < 1.29 is 42.2 Å². The summed E-state index contributed by atoms with van der Waals surface area (Å²) in [7, 11) is 1.63. The summed E-state index contributed by atoms with van der Waals surface area (Å²) >= 11 is 12.1. The van der Waals surface area contributed by atoms with Gasteiger partial charge in [-0.15, -0.1) is 40.5 Å². The summed E-state index contributed by atoms with van der Waals surface area (Å²) in [6.07, 6.45) is 3.43. The molecule has 0 aromatic heterocycles. The van der Waals surface area contributed by atoms with E-state index in [2.05, 4.69) is 6.08 Å². The fraction of sp³-hybridized carbons (Fsp3) is 0.286. The molecule has 1 unspecified atom stereocenters. The summed E-state index contributed by atoms with van der Waals surface area (Å²) in [5.74, 6) is 0.321. The summed E-state index contributed by atoms with van der Waals surface area (Å²) in [4.78, 5) is 13.3. The molecule has 1 aliphatic heterocycles. The number of hydrogen-bond donors (Lipinski definition) is 0. The number of allylic oxidation sites excluding steroid dienone is 1. The van der Waals surface area contributed by atoms with Gasteiger partial charge in [0.25, 0.3) is 0 Å². The number of amides is 1. The first kappa shape index (κ1) is 18.5. The number of nitrogens with zero attached hydrogens (tertiary/aromatic N) is 2. The van der Waals surface area contributed by atoms with Gasteiger partial charge in [0.2, 0.25) is 5.91 Å². The molecule has 1 atom stereocenters. The van der Waals surface area contributed by atoms with Crippen molar-refractivity contribution in [3.63, 3.8) is 0 Å². The number of carbonyl (C=O) groups is 1. The summed E-state index contributed by atoms with van der Waals surface area (Å²) in [5.41, 5.74) is 1.28. The van der Waals surface area contributed by atoms with Gasteiger partial charge < -0.3 is 9.64 Å². The number of hydrogen-bond acceptors (Lipinski definition) is 3. The molecule has 0 N–H and O–H groups in total. The van der Waals surface area contributed by atoms with Crippen molar-refractivity contribution in [2.75, 3.05) is 13.7 Å². The van der Waals surface area contributed by atoms with E-state index in [1.54, 1.807) is 25.2 Å². The maximum absolute atomic E-state index is 11.9. The summed E-state index contributed by atoms with van der Waals surface area (Å²) < 4.78 is 5.17. The summed E-state index contributed by atoms with van der Waals surface area (Å²) in [6.45, 7) is -0.0448. The number of ether oxygens (including phenoxy) is 1. The largest absolute Gasteiger partial charge is 0.479 e. The van der Waals surface area contributed by atoms with Crippen LogP contribution in [0.1, 0.15) is 12.0 Å². The molecule has 1 aromatic rings. The van der Waals surface area contributed by atoms with Crippen LogP contribution in [0.2, 0.25) is 5.02 Å². The molecule has 0 saturated carbocycles. The first-order valence-electron chi connectivity index (χ1n) is 5.86. The van der Waals surface area contributed by atoms with Crippen LogP contribution in [0, 0.1) is 17.4 Å². The second kappa shape index (κ2) is 8.15. The van der Waals surface area contributed by atoms with E-state index in [9.17, 15) is 4.79 Å². The van der Waals surface area contributed by atoms with E-state index in [0.29, 0.717) is 28.5 Å². The van der Waals surface area contributed by atoms with Crippen molar-refractivity contribution in [2.24, 2.45) is 0 Å². The van der Waals surface area contributed by atoms with E-state index in [4.69, 9.17) is 33.2 Å². The Morgan fingerprint density at radius 1 is 1.57 bits per heavy atom. The monoisotopic (exact) mass is 398 g/mol. The molecule has 0 aliphatic carbocycles. The average Bonchev–Trinajstić information content (AvgIpc) is 2.44. The fourth-order valence-electron chi connectivity index (χ4n) is 1.88. The van der Waals surface area contributed by atoms with Crippen LogP contribution < -0.4 is 4.74 Å². The van der Waals surface area contributed by atoms with Crippen molar-refractivity contribution in [3.8, 4) is 11.8 Å². The van der Waals surface area contributed by atoms with Gasteiger partial charge in [-0.25, -0.2) is 6.08 Å². The van der Waals surface area contributed by atoms with Gasteiger partial charge in [-0.2, -0.15) is 5.26 Å².